The van der Waals surface area contributed by atoms with Crippen molar-refractivity contribution >= 4 is 30.0 Å². The van der Waals surface area contributed by atoms with E-state index in [0.717, 1.165) is 6.42 Å². The summed E-state index contributed by atoms with van der Waals surface area (Å²) in [5.74, 6) is -2.04. The van der Waals surface area contributed by atoms with Crippen LogP contribution >= 0.6 is 0 Å². The van der Waals surface area contributed by atoms with Crippen molar-refractivity contribution in [2.24, 2.45) is 5.92 Å². The van der Waals surface area contributed by atoms with E-state index >= 15 is 0 Å². The van der Waals surface area contributed by atoms with Crippen molar-refractivity contribution in [3.63, 3.8) is 0 Å². The molecule has 0 aromatic rings. The Morgan fingerprint density at radius 1 is 0.923 bits per heavy atom. The lowest BCUT2D eigenvalue weighted by molar-refractivity contribution is -0.138. The molecule has 0 fully saturated rings. The van der Waals surface area contributed by atoms with Crippen LogP contribution < -0.4 is 16.0 Å². The maximum absolute atomic E-state index is 11.9. The number of aldehydes is 1. The van der Waals surface area contributed by atoms with Crippen LogP contribution in [-0.4, -0.2) is 54.2 Å². The van der Waals surface area contributed by atoms with Crippen LogP contribution in [0.3, 0.4) is 0 Å². The van der Waals surface area contributed by atoms with Crippen LogP contribution in [0.25, 0.3) is 0 Å². The molecule has 0 spiro atoms. The lowest BCUT2D eigenvalue weighted by atomic mass is 10.0. The Bertz CT molecular complexity index is 493. The molecule has 3 amide bonds. The van der Waals surface area contributed by atoms with Crippen molar-refractivity contribution in [3.8, 4) is 0 Å². The molecular formula is C17H29N3O6. The predicted octanol–water partition coefficient (Wildman–Crippen LogP) is -0.0163. The summed E-state index contributed by atoms with van der Waals surface area (Å²) < 4.78 is 0. The highest BCUT2D eigenvalue weighted by Gasteiger charge is 2.23. The number of hydrogen-bond donors (Lipinski definition) is 4. The minimum atomic E-state index is -1.01. The summed E-state index contributed by atoms with van der Waals surface area (Å²) in [6.07, 6.45) is 2.62. The summed E-state index contributed by atoms with van der Waals surface area (Å²) in [5.41, 5.74) is 0. The third-order valence-corrected chi connectivity index (χ3v) is 3.59. The van der Waals surface area contributed by atoms with Crippen LogP contribution in [0.15, 0.2) is 0 Å². The Morgan fingerprint density at radius 3 is 2.19 bits per heavy atom. The van der Waals surface area contributed by atoms with Gasteiger partial charge in [-0.15, -0.1) is 0 Å². The molecule has 1 unspecified atom stereocenters. The first-order chi connectivity index (χ1) is 12.3. The molecule has 1 atom stereocenters. The zero-order valence-electron chi connectivity index (χ0n) is 15.4. The summed E-state index contributed by atoms with van der Waals surface area (Å²) in [6, 6.07) is -0.684. The summed E-state index contributed by atoms with van der Waals surface area (Å²) >= 11 is 0. The molecule has 0 aromatic carbocycles. The van der Waals surface area contributed by atoms with Crippen LogP contribution in [0.4, 0.5) is 0 Å². The Labute approximate surface area is 153 Å². The van der Waals surface area contributed by atoms with Crippen LogP contribution in [0, 0.1) is 5.92 Å². The second-order valence-corrected chi connectivity index (χ2v) is 6.26. The van der Waals surface area contributed by atoms with E-state index in [9.17, 15) is 24.0 Å². The molecule has 0 aliphatic heterocycles. The van der Waals surface area contributed by atoms with Gasteiger partial charge in [-0.1, -0.05) is 20.3 Å². The largest absolute Gasteiger partial charge is 0.481 e. The molecule has 0 saturated carbocycles. The molecule has 0 aromatic heterocycles. The highest BCUT2D eigenvalue weighted by atomic mass is 16.4. The van der Waals surface area contributed by atoms with E-state index in [0.29, 0.717) is 25.7 Å². The number of carbonyl (C=O) groups is 5. The molecule has 0 rings (SSSR count). The van der Waals surface area contributed by atoms with Gasteiger partial charge in [-0.25, -0.2) is 0 Å². The molecule has 0 bridgehead atoms. The summed E-state index contributed by atoms with van der Waals surface area (Å²) in [7, 11) is 0. The second kappa shape index (κ2) is 13.8. The topological polar surface area (TPSA) is 142 Å². The van der Waals surface area contributed by atoms with Crippen molar-refractivity contribution in [2.75, 3.05) is 13.1 Å². The van der Waals surface area contributed by atoms with E-state index in [-0.39, 0.29) is 49.4 Å². The summed E-state index contributed by atoms with van der Waals surface area (Å²) in [4.78, 5) is 55.8. The molecule has 0 aliphatic carbocycles. The third-order valence-electron chi connectivity index (χ3n) is 3.59. The van der Waals surface area contributed by atoms with Gasteiger partial charge in [0.05, 0.1) is 13.0 Å². The van der Waals surface area contributed by atoms with E-state index in [4.69, 9.17) is 5.11 Å². The van der Waals surface area contributed by atoms with Crippen molar-refractivity contribution in [1.82, 2.24) is 16.0 Å². The number of carboxylic acid groups (broad SMARTS) is 1. The van der Waals surface area contributed by atoms with Crippen molar-refractivity contribution in [1.29, 1.82) is 0 Å². The quantitative estimate of drug-likeness (QED) is 0.250. The van der Waals surface area contributed by atoms with Gasteiger partial charge in [-0.2, -0.15) is 0 Å². The zero-order chi connectivity index (χ0) is 19.9. The number of amides is 3. The highest BCUT2D eigenvalue weighted by molar-refractivity contribution is 5.88. The van der Waals surface area contributed by atoms with Crippen molar-refractivity contribution < 1.29 is 29.1 Å². The Kier molecular flexibility index (Phi) is 12.5. The van der Waals surface area contributed by atoms with Gasteiger partial charge < -0.3 is 25.9 Å². The predicted molar refractivity (Wildman–Crippen MR) is 94.2 cm³/mol. The Morgan fingerprint density at radius 2 is 1.62 bits per heavy atom. The van der Waals surface area contributed by atoms with E-state index in [1.165, 1.54) is 0 Å². The number of carboxylic acids is 1. The summed E-state index contributed by atoms with van der Waals surface area (Å²) in [6.45, 7) is 3.95. The zero-order valence-corrected chi connectivity index (χ0v) is 15.4. The lowest BCUT2D eigenvalue weighted by Gasteiger charge is -2.21. The van der Waals surface area contributed by atoms with Gasteiger partial charge >= 0.3 is 5.97 Å². The maximum atomic E-state index is 11.9. The van der Waals surface area contributed by atoms with Gasteiger partial charge in [0.2, 0.25) is 17.7 Å². The molecule has 9 nitrogen and oxygen atoms in total. The first kappa shape index (κ1) is 23.5. The fraction of sp³-hybridized carbons (Fsp3) is 0.706. The van der Waals surface area contributed by atoms with Gasteiger partial charge in [0, 0.05) is 19.4 Å². The van der Waals surface area contributed by atoms with Gasteiger partial charge in [0.15, 0.2) is 0 Å². The normalized spacial score (nSPS) is 11.5. The molecule has 0 radical (unpaired) electrons. The standard InChI is InChI=1S/C17H29N3O6/c1-12(2)16(17(26)19-10-11-21)20-14(23)6-4-3-5-9-18-13(22)7-8-15(24)25/h11-12,16H,3-10H2,1-2H3,(H,18,22)(H,19,26)(H,20,23)(H,24,25). The van der Waals surface area contributed by atoms with E-state index in [1.807, 2.05) is 0 Å². The molecule has 0 heterocycles. The van der Waals surface area contributed by atoms with E-state index in [2.05, 4.69) is 16.0 Å². The number of rotatable bonds is 14. The number of aliphatic carboxylic acids is 1. The number of nitrogens with one attached hydrogen (secondary N) is 3. The van der Waals surface area contributed by atoms with Gasteiger partial charge in [0.25, 0.3) is 0 Å². The fourth-order valence-electron chi connectivity index (χ4n) is 2.16. The van der Waals surface area contributed by atoms with Gasteiger partial charge in [0.1, 0.15) is 12.3 Å². The van der Waals surface area contributed by atoms with Crippen LogP contribution in [0.2, 0.25) is 0 Å². The van der Waals surface area contributed by atoms with E-state index < -0.39 is 12.0 Å². The number of carbonyl (C=O) groups excluding carboxylic acids is 4. The van der Waals surface area contributed by atoms with Crippen molar-refractivity contribution in [3.05, 3.63) is 0 Å². The van der Waals surface area contributed by atoms with E-state index in [1.54, 1.807) is 13.8 Å². The van der Waals surface area contributed by atoms with Crippen LogP contribution in [-0.2, 0) is 24.0 Å². The summed E-state index contributed by atoms with van der Waals surface area (Å²) in [5, 5.41) is 16.2. The maximum Gasteiger partial charge on any atom is 0.303 e. The average molecular weight is 371 g/mol. The fourth-order valence-corrected chi connectivity index (χ4v) is 2.16. The molecular weight excluding hydrogens is 342 g/mol. The molecule has 26 heavy (non-hydrogen) atoms. The first-order valence-corrected chi connectivity index (χ1v) is 8.77. The Hall–Kier alpha value is -2.45. The molecule has 9 heteroatoms. The third kappa shape index (κ3) is 12.0. The smallest absolute Gasteiger partial charge is 0.303 e. The molecule has 0 saturated heterocycles. The average Bonchev–Trinajstić information content (AvgIpc) is 2.58. The minimum Gasteiger partial charge on any atom is -0.481 e. The lowest BCUT2D eigenvalue weighted by Crippen LogP contribution is -2.50. The van der Waals surface area contributed by atoms with Crippen LogP contribution in [0.1, 0.15) is 52.4 Å². The number of unbranched alkanes of at least 4 members (excludes halogenated alkanes) is 2. The van der Waals surface area contributed by atoms with Gasteiger partial charge in [-0.05, 0) is 18.8 Å². The molecule has 148 valence electrons. The second-order valence-electron chi connectivity index (χ2n) is 6.26. The van der Waals surface area contributed by atoms with Gasteiger partial charge in [-0.3, -0.25) is 19.2 Å². The van der Waals surface area contributed by atoms with Crippen molar-refractivity contribution in [2.45, 2.75) is 58.4 Å². The molecule has 4 N–H and O–H groups in total. The first-order valence-electron chi connectivity index (χ1n) is 8.77. The SMILES string of the molecule is CC(C)C(NC(=O)CCCCCNC(=O)CCC(=O)O)C(=O)NCC=O. The monoisotopic (exact) mass is 371 g/mol. The Balaban J connectivity index is 3.92. The van der Waals surface area contributed by atoms with Crippen LogP contribution in [0.5, 0.6) is 0 Å². The molecule has 0 aliphatic rings. The minimum absolute atomic E-state index is 0.0412. The highest BCUT2D eigenvalue weighted by Crippen LogP contribution is 2.04. The number of hydrogen-bond acceptors (Lipinski definition) is 5.